The van der Waals surface area contributed by atoms with Crippen molar-refractivity contribution >= 4 is 0 Å². The SMILES string of the molecule is Cc1ccc2c(c1)CCN[C@H]2CC(C)C. The van der Waals surface area contributed by atoms with Gasteiger partial charge in [-0.1, -0.05) is 37.6 Å². The number of rotatable bonds is 2. The summed E-state index contributed by atoms with van der Waals surface area (Å²) in [6, 6.07) is 7.47. The van der Waals surface area contributed by atoms with Crippen molar-refractivity contribution in [3.05, 3.63) is 34.9 Å². The lowest BCUT2D eigenvalue weighted by molar-refractivity contribution is 0.414. The summed E-state index contributed by atoms with van der Waals surface area (Å²) in [6.07, 6.45) is 2.43. The van der Waals surface area contributed by atoms with Gasteiger partial charge in [0.15, 0.2) is 0 Å². The molecule has 1 aromatic carbocycles. The average Bonchev–Trinajstić information content (AvgIpc) is 2.16. The fraction of sp³-hybridized carbons (Fsp3) is 0.571. The minimum absolute atomic E-state index is 0.578. The monoisotopic (exact) mass is 203 g/mol. The van der Waals surface area contributed by atoms with E-state index in [1.807, 2.05) is 0 Å². The Labute approximate surface area is 92.9 Å². The van der Waals surface area contributed by atoms with Crippen LogP contribution >= 0.6 is 0 Å². The third-order valence-electron chi connectivity index (χ3n) is 3.17. The van der Waals surface area contributed by atoms with Gasteiger partial charge in [-0.2, -0.15) is 0 Å². The predicted molar refractivity (Wildman–Crippen MR) is 65.1 cm³/mol. The Balaban J connectivity index is 2.26. The highest BCUT2D eigenvalue weighted by Crippen LogP contribution is 2.28. The van der Waals surface area contributed by atoms with Gasteiger partial charge in [-0.25, -0.2) is 0 Å². The average molecular weight is 203 g/mol. The van der Waals surface area contributed by atoms with E-state index in [4.69, 9.17) is 0 Å². The molecule has 1 aliphatic rings. The molecule has 0 amide bonds. The summed E-state index contributed by atoms with van der Waals surface area (Å²) in [5.41, 5.74) is 4.47. The van der Waals surface area contributed by atoms with Gasteiger partial charge in [-0.05, 0) is 43.4 Å². The number of hydrogen-bond donors (Lipinski definition) is 1. The minimum Gasteiger partial charge on any atom is -0.310 e. The van der Waals surface area contributed by atoms with Gasteiger partial charge in [0.25, 0.3) is 0 Å². The third-order valence-corrected chi connectivity index (χ3v) is 3.17. The molecule has 1 N–H and O–H groups in total. The maximum absolute atomic E-state index is 3.63. The number of fused-ring (bicyclic) bond motifs is 1. The van der Waals surface area contributed by atoms with Crippen molar-refractivity contribution < 1.29 is 0 Å². The van der Waals surface area contributed by atoms with Gasteiger partial charge in [0.2, 0.25) is 0 Å². The fourth-order valence-corrected chi connectivity index (χ4v) is 2.46. The van der Waals surface area contributed by atoms with Crippen LogP contribution in [-0.4, -0.2) is 6.54 Å². The molecule has 0 unspecified atom stereocenters. The number of nitrogens with one attached hydrogen (secondary N) is 1. The van der Waals surface area contributed by atoms with Gasteiger partial charge in [0, 0.05) is 6.04 Å². The predicted octanol–water partition coefficient (Wildman–Crippen LogP) is 3.23. The number of aryl methyl sites for hydroxylation is 1. The van der Waals surface area contributed by atoms with Crippen LogP contribution in [0.4, 0.5) is 0 Å². The first-order valence-electron chi connectivity index (χ1n) is 5.99. The molecule has 1 heteroatoms. The molecular weight excluding hydrogens is 182 g/mol. The van der Waals surface area contributed by atoms with Crippen LogP contribution in [0, 0.1) is 12.8 Å². The molecule has 1 heterocycles. The van der Waals surface area contributed by atoms with Gasteiger partial charge in [-0.15, -0.1) is 0 Å². The molecule has 1 nitrogen and oxygen atoms in total. The van der Waals surface area contributed by atoms with Crippen molar-refractivity contribution in [1.29, 1.82) is 0 Å². The molecule has 2 rings (SSSR count). The molecule has 0 bridgehead atoms. The summed E-state index contributed by atoms with van der Waals surface area (Å²) >= 11 is 0. The van der Waals surface area contributed by atoms with Crippen LogP contribution in [0.25, 0.3) is 0 Å². The summed E-state index contributed by atoms with van der Waals surface area (Å²) < 4.78 is 0. The molecule has 0 spiro atoms. The van der Waals surface area contributed by atoms with Crippen LogP contribution in [0.1, 0.15) is 43.0 Å². The summed E-state index contributed by atoms with van der Waals surface area (Å²) in [5, 5.41) is 3.63. The molecule has 1 aliphatic heterocycles. The van der Waals surface area contributed by atoms with Crippen LogP contribution < -0.4 is 5.32 Å². The second kappa shape index (κ2) is 4.36. The summed E-state index contributed by atoms with van der Waals surface area (Å²) in [4.78, 5) is 0. The van der Waals surface area contributed by atoms with Crippen LogP contribution in [0.15, 0.2) is 18.2 Å². The highest BCUT2D eigenvalue weighted by Gasteiger charge is 2.19. The molecule has 0 radical (unpaired) electrons. The summed E-state index contributed by atoms with van der Waals surface area (Å²) in [5.74, 6) is 0.759. The van der Waals surface area contributed by atoms with E-state index < -0.39 is 0 Å². The van der Waals surface area contributed by atoms with E-state index in [2.05, 4.69) is 44.3 Å². The molecule has 0 fully saturated rings. The molecular formula is C14H21N. The molecule has 0 aromatic heterocycles. The normalized spacial score (nSPS) is 20.4. The van der Waals surface area contributed by atoms with Gasteiger partial charge in [-0.3, -0.25) is 0 Å². The fourth-order valence-electron chi connectivity index (χ4n) is 2.46. The van der Waals surface area contributed by atoms with Crippen LogP contribution in [0.3, 0.4) is 0 Å². The quantitative estimate of drug-likeness (QED) is 0.778. The first-order valence-corrected chi connectivity index (χ1v) is 5.99. The molecule has 82 valence electrons. The van der Waals surface area contributed by atoms with Gasteiger partial charge in [0.05, 0.1) is 0 Å². The first kappa shape index (κ1) is 10.7. The lowest BCUT2D eigenvalue weighted by atomic mass is 9.88. The molecule has 0 aliphatic carbocycles. The standard InChI is InChI=1S/C14H21N/c1-10(2)8-14-13-5-4-11(3)9-12(13)6-7-15-14/h4-5,9-10,14-15H,6-8H2,1-3H3/t14-/m0/s1. The topological polar surface area (TPSA) is 12.0 Å². The molecule has 15 heavy (non-hydrogen) atoms. The zero-order chi connectivity index (χ0) is 10.8. The molecule has 0 saturated carbocycles. The Morgan fingerprint density at radius 3 is 2.93 bits per heavy atom. The van der Waals surface area contributed by atoms with E-state index in [0.29, 0.717) is 6.04 Å². The zero-order valence-electron chi connectivity index (χ0n) is 10.0. The van der Waals surface area contributed by atoms with Crippen LogP contribution in [-0.2, 0) is 6.42 Å². The van der Waals surface area contributed by atoms with E-state index in [9.17, 15) is 0 Å². The Hall–Kier alpha value is -0.820. The van der Waals surface area contributed by atoms with E-state index >= 15 is 0 Å². The van der Waals surface area contributed by atoms with Gasteiger partial charge < -0.3 is 5.32 Å². The molecule has 1 aromatic rings. The first-order chi connectivity index (χ1) is 7.16. The third kappa shape index (κ3) is 2.40. The summed E-state index contributed by atoms with van der Waals surface area (Å²) in [7, 11) is 0. The smallest absolute Gasteiger partial charge is 0.0325 e. The van der Waals surface area contributed by atoms with Gasteiger partial charge >= 0.3 is 0 Å². The second-order valence-electron chi connectivity index (χ2n) is 5.09. The number of benzene rings is 1. The molecule has 1 atom stereocenters. The maximum atomic E-state index is 3.63. The Bertz CT molecular complexity index is 341. The maximum Gasteiger partial charge on any atom is 0.0325 e. The Morgan fingerprint density at radius 2 is 2.20 bits per heavy atom. The van der Waals surface area contributed by atoms with Crippen molar-refractivity contribution in [2.45, 2.75) is 39.7 Å². The Morgan fingerprint density at radius 1 is 1.40 bits per heavy atom. The Kier molecular flexibility index (Phi) is 3.11. The van der Waals surface area contributed by atoms with Crippen molar-refractivity contribution in [1.82, 2.24) is 5.32 Å². The second-order valence-corrected chi connectivity index (χ2v) is 5.09. The highest BCUT2D eigenvalue weighted by atomic mass is 14.9. The van der Waals surface area contributed by atoms with Crippen molar-refractivity contribution in [3.8, 4) is 0 Å². The minimum atomic E-state index is 0.578. The lowest BCUT2D eigenvalue weighted by Gasteiger charge is -2.28. The van der Waals surface area contributed by atoms with Crippen LogP contribution in [0.5, 0.6) is 0 Å². The molecule has 0 saturated heterocycles. The van der Waals surface area contributed by atoms with E-state index in [0.717, 1.165) is 12.5 Å². The van der Waals surface area contributed by atoms with E-state index in [1.165, 1.54) is 24.0 Å². The van der Waals surface area contributed by atoms with Crippen molar-refractivity contribution in [2.24, 2.45) is 5.92 Å². The van der Waals surface area contributed by atoms with Crippen LogP contribution in [0.2, 0.25) is 0 Å². The van der Waals surface area contributed by atoms with E-state index in [-0.39, 0.29) is 0 Å². The van der Waals surface area contributed by atoms with E-state index in [1.54, 1.807) is 5.56 Å². The lowest BCUT2D eigenvalue weighted by Crippen LogP contribution is -2.30. The van der Waals surface area contributed by atoms with Crippen molar-refractivity contribution in [2.75, 3.05) is 6.54 Å². The zero-order valence-corrected chi connectivity index (χ0v) is 10.0. The largest absolute Gasteiger partial charge is 0.310 e. The summed E-state index contributed by atoms with van der Waals surface area (Å²) in [6.45, 7) is 7.90. The van der Waals surface area contributed by atoms with Gasteiger partial charge in [0.1, 0.15) is 0 Å². The highest BCUT2D eigenvalue weighted by molar-refractivity contribution is 5.35. The number of hydrogen-bond acceptors (Lipinski definition) is 1. The van der Waals surface area contributed by atoms with Crippen molar-refractivity contribution in [3.63, 3.8) is 0 Å².